The lowest BCUT2D eigenvalue weighted by Crippen LogP contribution is -2.25. The van der Waals surface area contributed by atoms with Crippen LogP contribution in [0.2, 0.25) is 5.02 Å². The van der Waals surface area contributed by atoms with E-state index in [1.54, 1.807) is 6.92 Å². The second-order valence-electron chi connectivity index (χ2n) is 3.31. The summed E-state index contributed by atoms with van der Waals surface area (Å²) in [5.41, 5.74) is -0.138. The molecule has 18 heavy (non-hydrogen) atoms. The van der Waals surface area contributed by atoms with Crippen molar-refractivity contribution in [3.05, 3.63) is 34.2 Å². The highest BCUT2D eigenvalue weighted by Gasteiger charge is 2.09. The van der Waals surface area contributed by atoms with E-state index in [1.165, 1.54) is 17.0 Å². The number of nitrogens with zero attached hydrogens (tertiary/aromatic N) is 2. The number of halogens is 1. The van der Waals surface area contributed by atoms with Crippen molar-refractivity contribution in [1.29, 1.82) is 0 Å². The predicted molar refractivity (Wildman–Crippen MR) is 68.8 cm³/mol. The van der Waals surface area contributed by atoms with E-state index in [-0.39, 0.29) is 18.1 Å². The lowest BCUT2D eigenvalue weighted by molar-refractivity contribution is -0.140. The number of hydrogen-bond donors (Lipinski definition) is 1. The van der Waals surface area contributed by atoms with E-state index in [2.05, 4.69) is 17.0 Å². The Morgan fingerprint density at radius 2 is 2.44 bits per heavy atom. The molecule has 1 aromatic heterocycles. The Balaban J connectivity index is 2.79. The maximum absolute atomic E-state index is 11.7. The second kappa shape index (κ2) is 6.80. The first-order chi connectivity index (χ1) is 8.60. The van der Waals surface area contributed by atoms with Gasteiger partial charge >= 0.3 is 5.97 Å². The van der Waals surface area contributed by atoms with Gasteiger partial charge in [0.15, 0.2) is 0 Å². The molecule has 1 heterocycles. The van der Waals surface area contributed by atoms with Crippen molar-refractivity contribution in [2.45, 2.75) is 13.5 Å². The average molecular weight is 272 g/mol. The Hall–Kier alpha value is -1.82. The molecule has 0 atom stereocenters. The molecule has 0 radical (unpaired) electrons. The van der Waals surface area contributed by atoms with Gasteiger partial charge in [-0.2, -0.15) is 5.10 Å². The molecule has 0 saturated heterocycles. The van der Waals surface area contributed by atoms with Gasteiger partial charge in [-0.3, -0.25) is 9.59 Å². The van der Waals surface area contributed by atoms with E-state index in [1.807, 2.05) is 0 Å². The Morgan fingerprint density at radius 3 is 3.06 bits per heavy atom. The molecule has 0 spiro atoms. The molecule has 1 N–H and O–H groups in total. The van der Waals surface area contributed by atoms with Crippen molar-refractivity contribution in [3.8, 4) is 0 Å². The highest BCUT2D eigenvalue weighted by atomic mass is 35.5. The molecular weight excluding hydrogens is 258 g/mol. The van der Waals surface area contributed by atoms with Gasteiger partial charge in [0.2, 0.25) is 0 Å². The molecule has 0 saturated carbocycles. The van der Waals surface area contributed by atoms with E-state index >= 15 is 0 Å². The van der Waals surface area contributed by atoms with Gasteiger partial charge in [0.1, 0.15) is 11.6 Å². The Kier molecular flexibility index (Phi) is 5.38. The molecule has 7 heteroatoms. The number of nitrogens with one attached hydrogen (secondary N) is 1. The minimum Gasteiger partial charge on any atom is -0.465 e. The van der Waals surface area contributed by atoms with E-state index in [4.69, 9.17) is 16.3 Å². The number of hydrogen-bond acceptors (Lipinski definition) is 5. The van der Waals surface area contributed by atoms with Gasteiger partial charge in [0.25, 0.3) is 5.56 Å². The van der Waals surface area contributed by atoms with Crippen LogP contribution in [0.5, 0.6) is 0 Å². The number of rotatable bonds is 6. The molecule has 6 nitrogen and oxygen atoms in total. The number of esters is 1. The minimum atomic E-state index is -0.439. The smallest absolute Gasteiger partial charge is 0.325 e. The van der Waals surface area contributed by atoms with E-state index in [0.717, 1.165) is 0 Å². The average Bonchev–Trinajstić information content (AvgIpc) is 2.35. The van der Waals surface area contributed by atoms with Crippen LogP contribution in [0.3, 0.4) is 0 Å². The zero-order chi connectivity index (χ0) is 13.5. The fourth-order valence-electron chi connectivity index (χ4n) is 1.22. The summed E-state index contributed by atoms with van der Waals surface area (Å²) in [4.78, 5) is 22.9. The van der Waals surface area contributed by atoms with Crippen molar-refractivity contribution in [2.24, 2.45) is 0 Å². The first kappa shape index (κ1) is 14.2. The molecule has 0 aliphatic heterocycles. The fourth-order valence-corrected chi connectivity index (χ4v) is 1.43. The van der Waals surface area contributed by atoms with Crippen LogP contribution in [-0.4, -0.2) is 28.9 Å². The zero-order valence-corrected chi connectivity index (χ0v) is 10.7. The number of aromatic nitrogens is 2. The molecule has 0 unspecified atom stereocenters. The maximum Gasteiger partial charge on any atom is 0.325 e. The number of anilines is 1. The molecule has 0 aliphatic carbocycles. The van der Waals surface area contributed by atoms with E-state index in [9.17, 15) is 9.59 Å². The zero-order valence-electron chi connectivity index (χ0n) is 9.98. The van der Waals surface area contributed by atoms with Gasteiger partial charge in [0, 0.05) is 0 Å². The van der Waals surface area contributed by atoms with Crippen LogP contribution in [0, 0.1) is 0 Å². The third-order valence-corrected chi connectivity index (χ3v) is 2.38. The van der Waals surface area contributed by atoms with Crippen molar-refractivity contribution in [2.75, 3.05) is 18.5 Å². The van der Waals surface area contributed by atoms with Gasteiger partial charge in [-0.25, -0.2) is 4.68 Å². The highest BCUT2D eigenvalue weighted by Crippen LogP contribution is 2.14. The summed E-state index contributed by atoms with van der Waals surface area (Å²) >= 11 is 5.87. The SMILES string of the molecule is C=CCn1ncc(NCC(=O)OCC)c(Cl)c1=O. The summed E-state index contributed by atoms with van der Waals surface area (Å²) < 4.78 is 5.91. The molecule has 0 bridgehead atoms. The summed E-state index contributed by atoms with van der Waals surface area (Å²) in [6.45, 7) is 5.73. The first-order valence-electron chi connectivity index (χ1n) is 5.36. The normalized spacial score (nSPS) is 9.89. The van der Waals surface area contributed by atoms with Crippen molar-refractivity contribution in [3.63, 3.8) is 0 Å². The number of allylic oxidation sites excluding steroid dienone is 1. The summed E-state index contributed by atoms with van der Waals surface area (Å²) in [6, 6.07) is 0. The van der Waals surface area contributed by atoms with Crippen molar-refractivity contribution < 1.29 is 9.53 Å². The van der Waals surface area contributed by atoms with Gasteiger partial charge in [-0.15, -0.1) is 6.58 Å². The summed E-state index contributed by atoms with van der Waals surface area (Å²) in [6.07, 6.45) is 2.92. The topological polar surface area (TPSA) is 73.2 Å². The molecular formula is C11H14ClN3O3. The molecule has 0 amide bonds. The highest BCUT2D eigenvalue weighted by molar-refractivity contribution is 6.33. The molecule has 0 aromatic carbocycles. The number of carbonyl (C=O) groups is 1. The Bertz CT molecular complexity index is 499. The van der Waals surface area contributed by atoms with Crippen LogP contribution < -0.4 is 10.9 Å². The van der Waals surface area contributed by atoms with Crippen molar-refractivity contribution >= 4 is 23.3 Å². The summed E-state index contributed by atoms with van der Waals surface area (Å²) in [7, 11) is 0. The predicted octanol–water partition coefficient (Wildman–Crippen LogP) is 1.06. The van der Waals surface area contributed by atoms with Crippen LogP contribution in [0.4, 0.5) is 5.69 Å². The monoisotopic (exact) mass is 271 g/mol. The quantitative estimate of drug-likeness (QED) is 0.619. The van der Waals surface area contributed by atoms with Crippen LogP contribution in [0.15, 0.2) is 23.6 Å². The second-order valence-corrected chi connectivity index (χ2v) is 3.68. The standard InChI is InChI=1S/C11H14ClN3O3/c1-3-5-15-11(17)10(12)8(6-14-15)13-7-9(16)18-4-2/h3,6,13H,1,4-5,7H2,2H3. The lowest BCUT2D eigenvalue weighted by Gasteiger charge is -2.08. The Morgan fingerprint density at radius 1 is 1.72 bits per heavy atom. The van der Waals surface area contributed by atoms with Crippen molar-refractivity contribution in [1.82, 2.24) is 9.78 Å². The van der Waals surface area contributed by atoms with E-state index < -0.39 is 11.5 Å². The van der Waals surface area contributed by atoms with Crippen LogP contribution in [0.25, 0.3) is 0 Å². The molecule has 1 rings (SSSR count). The third kappa shape index (κ3) is 3.59. The molecule has 1 aromatic rings. The Labute approximate surface area is 109 Å². The van der Waals surface area contributed by atoms with Gasteiger partial charge in [-0.1, -0.05) is 17.7 Å². The largest absolute Gasteiger partial charge is 0.465 e. The van der Waals surface area contributed by atoms with Crippen LogP contribution in [0.1, 0.15) is 6.92 Å². The van der Waals surface area contributed by atoms with Crippen LogP contribution >= 0.6 is 11.6 Å². The molecule has 98 valence electrons. The number of carbonyl (C=O) groups excluding carboxylic acids is 1. The lowest BCUT2D eigenvalue weighted by atomic mass is 10.4. The number of ether oxygens (including phenoxy) is 1. The van der Waals surface area contributed by atoms with Gasteiger partial charge < -0.3 is 10.1 Å². The summed E-state index contributed by atoms with van der Waals surface area (Å²) in [5, 5.41) is 6.57. The van der Waals surface area contributed by atoms with Gasteiger partial charge in [-0.05, 0) is 6.92 Å². The minimum absolute atomic E-state index is 0.0175. The van der Waals surface area contributed by atoms with E-state index in [0.29, 0.717) is 12.3 Å². The fraction of sp³-hybridized carbons (Fsp3) is 0.364. The molecule has 0 aliphatic rings. The van der Waals surface area contributed by atoms with Crippen LogP contribution in [-0.2, 0) is 16.1 Å². The first-order valence-corrected chi connectivity index (χ1v) is 5.74. The maximum atomic E-state index is 11.7. The third-order valence-electron chi connectivity index (χ3n) is 2.02. The van der Waals surface area contributed by atoms with Gasteiger partial charge in [0.05, 0.1) is 25.0 Å². The molecule has 0 fully saturated rings. The summed E-state index contributed by atoms with van der Waals surface area (Å²) in [5.74, 6) is -0.427.